The van der Waals surface area contributed by atoms with E-state index in [9.17, 15) is 4.79 Å². The third-order valence-electron chi connectivity index (χ3n) is 3.99. The Morgan fingerprint density at radius 2 is 1.39 bits per heavy atom. The highest BCUT2D eigenvalue weighted by Gasteiger charge is 2.03. The summed E-state index contributed by atoms with van der Waals surface area (Å²) in [6.45, 7) is 2.15. The van der Waals surface area contributed by atoms with E-state index in [1.165, 1.54) is 22.3 Å². The number of aldehydes is 1. The number of hydrogen-bond donors (Lipinski definition) is 0. The van der Waals surface area contributed by atoms with E-state index in [4.69, 9.17) is 0 Å². The molecule has 112 valence electrons. The molecular formula is C22H18O. The molecule has 0 bridgehead atoms. The second-order valence-electron chi connectivity index (χ2n) is 5.50. The van der Waals surface area contributed by atoms with Gasteiger partial charge >= 0.3 is 0 Å². The third kappa shape index (κ3) is 3.46. The van der Waals surface area contributed by atoms with Crippen molar-refractivity contribution in [2.24, 2.45) is 0 Å². The predicted octanol–water partition coefficient (Wildman–Crippen LogP) is 5.64. The first-order valence-electron chi connectivity index (χ1n) is 7.66. The van der Waals surface area contributed by atoms with Gasteiger partial charge in [-0.25, -0.2) is 0 Å². The molecule has 23 heavy (non-hydrogen) atoms. The molecule has 0 N–H and O–H groups in total. The molecule has 0 unspecified atom stereocenters. The molecule has 0 radical (unpaired) electrons. The van der Waals surface area contributed by atoms with Crippen LogP contribution in [0.5, 0.6) is 0 Å². The van der Waals surface area contributed by atoms with E-state index in [0.717, 1.165) is 11.8 Å². The molecule has 1 nitrogen and oxygen atoms in total. The van der Waals surface area contributed by atoms with Crippen molar-refractivity contribution < 1.29 is 4.79 Å². The Kier molecular flexibility index (Phi) is 4.49. The van der Waals surface area contributed by atoms with E-state index < -0.39 is 0 Å². The Morgan fingerprint density at radius 3 is 2.09 bits per heavy atom. The summed E-state index contributed by atoms with van der Waals surface area (Å²) in [5.74, 6) is 0. The van der Waals surface area contributed by atoms with Crippen LogP contribution in [0.3, 0.4) is 0 Å². The zero-order valence-electron chi connectivity index (χ0n) is 13.1. The van der Waals surface area contributed by atoms with Gasteiger partial charge < -0.3 is 0 Å². The van der Waals surface area contributed by atoms with Gasteiger partial charge in [0.15, 0.2) is 0 Å². The van der Waals surface area contributed by atoms with Crippen LogP contribution in [0, 0.1) is 6.92 Å². The fourth-order valence-electron chi connectivity index (χ4n) is 2.64. The van der Waals surface area contributed by atoms with Crippen LogP contribution in [-0.2, 0) is 0 Å². The van der Waals surface area contributed by atoms with E-state index in [2.05, 4.69) is 61.5 Å². The maximum Gasteiger partial charge on any atom is 0.150 e. The van der Waals surface area contributed by atoms with E-state index in [1.54, 1.807) is 0 Å². The first kappa shape index (κ1) is 15.0. The zero-order valence-corrected chi connectivity index (χ0v) is 13.1. The Morgan fingerprint density at radius 1 is 0.696 bits per heavy atom. The summed E-state index contributed by atoms with van der Waals surface area (Å²) in [5.41, 5.74) is 6.73. The summed E-state index contributed by atoms with van der Waals surface area (Å²) in [5, 5.41) is 0. The zero-order chi connectivity index (χ0) is 16.1. The van der Waals surface area contributed by atoms with Crippen LogP contribution in [0.25, 0.3) is 23.3 Å². The number of carbonyl (C=O) groups is 1. The molecule has 3 aromatic carbocycles. The van der Waals surface area contributed by atoms with Crippen molar-refractivity contribution >= 4 is 18.4 Å². The summed E-state index contributed by atoms with van der Waals surface area (Å²) >= 11 is 0. The molecule has 0 saturated heterocycles. The Bertz CT molecular complexity index is 828. The van der Waals surface area contributed by atoms with Crippen LogP contribution in [0.4, 0.5) is 0 Å². The molecule has 3 aromatic rings. The van der Waals surface area contributed by atoms with Gasteiger partial charge in [-0.05, 0) is 34.7 Å². The normalized spacial score (nSPS) is 10.8. The molecular weight excluding hydrogens is 280 g/mol. The van der Waals surface area contributed by atoms with Crippen LogP contribution in [-0.4, -0.2) is 6.29 Å². The average Bonchev–Trinajstić information content (AvgIpc) is 2.62. The number of carbonyl (C=O) groups excluding carboxylic acids is 1. The molecule has 0 amide bonds. The predicted molar refractivity (Wildman–Crippen MR) is 97.4 cm³/mol. The highest BCUT2D eigenvalue weighted by Crippen LogP contribution is 2.26. The van der Waals surface area contributed by atoms with Gasteiger partial charge in [-0.3, -0.25) is 4.79 Å². The number of rotatable bonds is 4. The first-order chi connectivity index (χ1) is 11.3. The largest absolute Gasteiger partial charge is 0.298 e. The van der Waals surface area contributed by atoms with Gasteiger partial charge in [-0.15, -0.1) is 0 Å². The van der Waals surface area contributed by atoms with Crippen LogP contribution < -0.4 is 0 Å². The molecule has 0 fully saturated rings. The number of benzene rings is 3. The summed E-state index contributed by atoms with van der Waals surface area (Å²) in [6.07, 6.45) is 5.06. The Labute approximate surface area is 136 Å². The van der Waals surface area contributed by atoms with Gasteiger partial charge in [-0.1, -0.05) is 84.9 Å². The van der Waals surface area contributed by atoms with Gasteiger partial charge in [0, 0.05) is 5.56 Å². The second-order valence-corrected chi connectivity index (χ2v) is 5.50. The minimum absolute atomic E-state index is 0.699. The van der Waals surface area contributed by atoms with Crippen LogP contribution in [0.2, 0.25) is 0 Å². The van der Waals surface area contributed by atoms with Gasteiger partial charge in [0.25, 0.3) is 0 Å². The average molecular weight is 298 g/mol. The highest BCUT2D eigenvalue weighted by atomic mass is 16.1. The highest BCUT2D eigenvalue weighted by molar-refractivity contribution is 5.79. The molecule has 0 aromatic heterocycles. The summed E-state index contributed by atoms with van der Waals surface area (Å²) in [6, 6.07) is 24.4. The number of hydrogen-bond acceptors (Lipinski definition) is 1. The van der Waals surface area contributed by atoms with Gasteiger partial charge in [0.05, 0.1) is 0 Å². The van der Waals surface area contributed by atoms with Crippen molar-refractivity contribution in [1.82, 2.24) is 0 Å². The van der Waals surface area contributed by atoms with Crippen molar-refractivity contribution in [3.05, 3.63) is 95.1 Å². The van der Waals surface area contributed by atoms with E-state index in [-0.39, 0.29) is 0 Å². The fourth-order valence-corrected chi connectivity index (χ4v) is 2.64. The Hall–Kier alpha value is -2.93. The SMILES string of the molecule is Cc1c(/C=C/c2ccc(C=O)cc2)cccc1-c1ccccc1. The monoisotopic (exact) mass is 298 g/mol. The summed E-state index contributed by atoms with van der Waals surface area (Å²) in [7, 11) is 0. The van der Waals surface area contributed by atoms with Gasteiger partial charge in [-0.2, -0.15) is 0 Å². The standard InChI is InChI=1S/C22H18O/c1-17-20(15-14-18-10-12-19(16-23)13-11-18)8-5-9-22(17)21-6-3-2-4-7-21/h2-16H,1H3/b15-14+. The smallest absolute Gasteiger partial charge is 0.150 e. The van der Waals surface area contributed by atoms with Crippen molar-refractivity contribution in [3.63, 3.8) is 0 Å². The van der Waals surface area contributed by atoms with E-state index in [0.29, 0.717) is 5.56 Å². The van der Waals surface area contributed by atoms with Gasteiger partial charge in [0.1, 0.15) is 6.29 Å². The fraction of sp³-hybridized carbons (Fsp3) is 0.0455. The van der Waals surface area contributed by atoms with E-state index >= 15 is 0 Å². The Balaban J connectivity index is 1.91. The summed E-state index contributed by atoms with van der Waals surface area (Å²) < 4.78 is 0. The summed E-state index contributed by atoms with van der Waals surface area (Å²) in [4.78, 5) is 10.7. The molecule has 0 aliphatic rings. The lowest BCUT2D eigenvalue weighted by Gasteiger charge is -2.09. The minimum atomic E-state index is 0.699. The van der Waals surface area contributed by atoms with E-state index in [1.807, 2.05) is 30.3 Å². The third-order valence-corrected chi connectivity index (χ3v) is 3.99. The molecule has 0 aliphatic carbocycles. The molecule has 3 rings (SSSR count). The molecule has 0 saturated carbocycles. The van der Waals surface area contributed by atoms with Crippen molar-refractivity contribution in [2.45, 2.75) is 6.92 Å². The lowest BCUT2D eigenvalue weighted by Crippen LogP contribution is -1.87. The lowest BCUT2D eigenvalue weighted by atomic mass is 9.96. The van der Waals surface area contributed by atoms with Crippen LogP contribution in [0.15, 0.2) is 72.8 Å². The second kappa shape index (κ2) is 6.89. The van der Waals surface area contributed by atoms with Crippen LogP contribution in [0.1, 0.15) is 27.0 Å². The molecule has 1 heteroatoms. The molecule has 0 spiro atoms. The topological polar surface area (TPSA) is 17.1 Å². The molecule has 0 aliphatic heterocycles. The van der Waals surface area contributed by atoms with Crippen LogP contribution >= 0.6 is 0 Å². The quantitative estimate of drug-likeness (QED) is 0.449. The van der Waals surface area contributed by atoms with Crippen molar-refractivity contribution in [1.29, 1.82) is 0 Å². The first-order valence-corrected chi connectivity index (χ1v) is 7.66. The molecule has 0 atom stereocenters. The molecule has 0 heterocycles. The van der Waals surface area contributed by atoms with Crippen molar-refractivity contribution in [3.8, 4) is 11.1 Å². The maximum atomic E-state index is 10.7. The lowest BCUT2D eigenvalue weighted by molar-refractivity contribution is 0.112. The maximum absolute atomic E-state index is 10.7. The minimum Gasteiger partial charge on any atom is -0.298 e. The van der Waals surface area contributed by atoms with Gasteiger partial charge in [0.2, 0.25) is 0 Å². The van der Waals surface area contributed by atoms with Crippen molar-refractivity contribution in [2.75, 3.05) is 0 Å².